The highest BCUT2D eigenvalue weighted by Crippen LogP contribution is 2.27. The van der Waals surface area contributed by atoms with Crippen LogP contribution in [-0.4, -0.2) is 20.7 Å². The van der Waals surface area contributed by atoms with Gasteiger partial charge < -0.3 is 5.32 Å². The monoisotopic (exact) mass is 408 g/mol. The molecule has 2 heterocycles. The average Bonchev–Trinajstić information content (AvgIpc) is 2.96. The first-order valence-electron chi connectivity index (χ1n) is 8.40. The summed E-state index contributed by atoms with van der Waals surface area (Å²) in [6.45, 7) is 4.73. The van der Waals surface area contributed by atoms with Crippen LogP contribution in [-0.2, 0) is 6.54 Å². The highest BCUT2D eigenvalue weighted by Gasteiger charge is 2.17. The van der Waals surface area contributed by atoms with Crippen molar-refractivity contribution in [2.75, 3.05) is 5.32 Å². The molecule has 5 nitrogen and oxygen atoms in total. The molecule has 0 aliphatic rings. The fraction of sp³-hybridized carbons (Fsp3) is 0.150. The van der Waals surface area contributed by atoms with E-state index in [4.69, 9.17) is 4.98 Å². The molecule has 0 unspecified atom stereocenters. The number of fused-ring (bicyclic) bond motifs is 2. The van der Waals surface area contributed by atoms with Gasteiger partial charge in [-0.3, -0.25) is 4.79 Å². The Hall–Kier alpha value is -2.73. The summed E-state index contributed by atoms with van der Waals surface area (Å²) < 4.78 is 2.56. The van der Waals surface area contributed by atoms with Crippen molar-refractivity contribution < 1.29 is 4.79 Å². The summed E-state index contributed by atoms with van der Waals surface area (Å²) >= 11 is 3.42. The molecular weight excluding hydrogens is 392 g/mol. The van der Waals surface area contributed by atoms with Crippen LogP contribution >= 0.6 is 15.9 Å². The molecule has 4 rings (SSSR count). The van der Waals surface area contributed by atoms with E-state index >= 15 is 0 Å². The Morgan fingerprint density at radius 1 is 1.19 bits per heavy atom. The molecule has 0 atom stereocenters. The van der Waals surface area contributed by atoms with Gasteiger partial charge in [0, 0.05) is 16.4 Å². The maximum atomic E-state index is 12.7. The van der Waals surface area contributed by atoms with Crippen LogP contribution in [0.15, 0.2) is 53.0 Å². The molecule has 0 spiro atoms. The van der Waals surface area contributed by atoms with E-state index in [2.05, 4.69) is 38.5 Å². The zero-order valence-corrected chi connectivity index (χ0v) is 16.0. The van der Waals surface area contributed by atoms with E-state index in [0.717, 1.165) is 32.0 Å². The second kappa shape index (κ2) is 6.53. The topological polar surface area (TPSA) is 59.8 Å². The Morgan fingerprint density at radius 3 is 2.77 bits per heavy atom. The maximum absolute atomic E-state index is 12.7. The summed E-state index contributed by atoms with van der Waals surface area (Å²) in [4.78, 5) is 17.4. The number of pyridine rings is 1. The number of benzene rings is 2. The van der Waals surface area contributed by atoms with Crippen molar-refractivity contribution in [2.24, 2.45) is 0 Å². The molecule has 0 saturated carbocycles. The highest BCUT2D eigenvalue weighted by molar-refractivity contribution is 9.10. The van der Waals surface area contributed by atoms with Gasteiger partial charge in [0.05, 0.1) is 16.5 Å². The third-order valence-electron chi connectivity index (χ3n) is 4.32. The Morgan fingerprint density at radius 2 is 2.00 bits per heavy atom. The Labute approximate surface area is 159 Å². The van der Waals surface area contributed by atoms with E-state index in [9.17, 15) is 4.79 Å². The predicted octanol–water partition coefficient (Wildman–Crippen LogP) is 4.93. The Bertz CT molecular complexity index is 1150. The number of aryl methyl sites for hydroxylation is 2. The lowest BCUT2D eigenvalue weighted by Gasteiger charge is -2.05. The van der Waals surface area contributed by atoms with Gasteiger partial charge in [-0.05, 0) is 59.6 Å². The van der Waals surface area contributed by atoms with Crippen LogP contribution in [0.25, 0.3) is 21.9 Å². The second-order valence-electron chi connectivity index (χ2n) is 6.15. The van der Waals surface area contributed by atoms with Gasteiger partial charge in [-0.2, -0.15) is 5.10 Å². The van der Waals surface area contributed by atoms with Gasteiger partial charge in [0.2, 0.25) is 0 Å². The number of anilines is 1. The minimum atomic E-state index is -0.205. The second-order valence-corrected chi connectivity index (χ2v) is 7.01. The molecule has 0 aliphatic carbocycles. The molecule has 2 aromatic heterocycles. The van der Waals surface area contributed by atoms with Crippen LogP contribution in [0.4, 0.5) is 5.82 Å². The first-order chi connectivity index (χ1) is 12.6. The fourth-order valence-electron chi connectivity index (χ4n) is 2.99. The first kappa shape index (κ1) is 16.7. The summed E-state index contributed by atoms with van der Waals surface area (Å²) in [5, 5.41) is 9.35. The number of hydrogen-bond donors (Lipinski definition) is 1. The van der Waals surface area contributed by atoms with Gasteiger partial charge in [0.1, 0.15) is 0 Å². The number of amides is 1. The maximum Gasteiger partial charge on any atom is 0.258 e. The molecule has 0 aliphatic heterocycles. The summed E-state index contributed by atoms with van der Waals surface area (Å²) in [7, 11) is 0. The van der Waals surface area contributed by atoms with E-state index in [1.165, 1.54) is 0 Å². The third-order valence-corrected chi connectivity index (χ3v) is 5.01. The molecular formula is C20H17BrN4O. The number of rotatable bonds is 3. The fourth-order valence-corrected chi connectivity index (χ4v) is 3.46. The number of nitrogens with zero attached hydrogens (tertiary/aromatic N) is 3. The van der Waals surface area contributed by atoms with Crippen LogP contribution in [0.5, 0.6) is 0 Å². The van der Waals surface area contributed by atoms with Crippen LogP contribution in [0, 0.1) is 6.92 Å². The van der Waals surface area contributed by atoms with E-state index < -0.39 is 0 Å². The summed E-state index contributed by atoms with van der Waals surface area (Å²) in [5.41, 5.74) is 3.43. The van der Waals surface area contributed by atoms with E-state index in [1.54, 1.807) is 6.07 Å². The Balaban J connectivity index is 1.83. The summed E-state index contributed by atoms with van der Waals surface area (Å²) in [5.74, 6) is 0.321. The van der Waals surface area contributed by atoms with Crippen molar-refractivity contribution in [3.8, 4) is 0 Å². The number of carbonyl (C=O) groups is 1. The molecule has 1 amide bonds. The number of nitrogens with one attached hydrogen (secondary N) is 1. The van der Waals surface area contributed by atoms with Crippen LogP contribution < -0.4 is 5.32 Å². The molecule has 1 N–H and O–H groups in total. The quantitative estimate of drug-likeness (QED) is 0.522. The number of hydrogen-bond acceptors (Lipinski definition) is 3. The molecule has 4 aromatic rings. The van der Waals surface area contributed by atoms with Gasteiger partial charge >= 0.3 is 0 Å². The molecule has 0 bridgehead atoms. The first-order valence-corrected chi connectivity index (χ1v) is 9.20. The normalized spacial score (nSPS) is 11.2. The number of aromatic nitrogens is 3. The molecule has 0 radical (unpaired) electrons. The highest BCUT2D eigenvalue weighted by atomic mass is 79.9. The number of halogens is 1. The smallest absolute Gasteiger partial charge is 0.258 e. The molecule has 2 aromatic carbocycles. The zero-order chi connectivity index (χ0) is 18.3. The summed E-state index contributed by atoms with van der Waals surface area (Å²) in [6, 6.07) is 15.5. The lowest BCUT2D eigenvalue weighted by Crippen LogP contribution is -2.13. The van der Waals surface area contributed by atoms with Crippen molar-refractivity contribution in [1.29, 1.82) is 0 Å². The predicted molar refractivity (Wildman–Crippen MR) is 108 cm³/mol. The van der Waals surface area contributed by atoms with Gasteiger partial charge in [0.25, 0.3) is 5.91 Å². The SMILES string of the molecule is CCn1nc(NC(=O)c2ccccc2Br)c2cc3ccc(C)cc3nc21. The van der Waals surface area contributed by atoms with E-state index in [0.29, 0.717) is 17.9 Å². The van der Waals surface area contributed by atoms with Crippen molar-refractivity contribution in [3.05, 3.63) is 64.1 Å². The van der Waals surface area contributed by atoms with Crippen molar-refractivity contribution in [3.63, 3.8) is 0 Å². The Kier molecular flexibility index (Phi) is 4.20. The average molecular weight is 409 g/mol. The minimum Gasteiger partial charge on any atom is -0.304 e. The lowest BCUT2D eigenvalue weighted by molar-refractivity contribution is 0.102. The minimum absolute atomic E-state index is 0.205. The van der Waals surface area contributed by atoms with Crippen molar-refractivity contribution in [1.82, 2.24) is 14.8 Å². The number of carbonyl (C=O) groups excluding carboxylic acids is 1. The van der Waals surface area contributed by atoms with Crippen LogP contribution in [0.2, 0.25) is 0 Å². The van der Waals surface area contributed by atoms with Gasteiger partial charge in [-0.25, -0.2) is 9.67 Å². The van der Waals surface area contributed by atoms with Crippen LogP contribution in [0.3, 0.4) is 0 Å². The van der Waals surface area contributed by atoms with Crippen molar-refractivity contribution in [2.45, 2.75) is 20.4 Å². The lowest BCUT2D eigenvalue weighted by atomic mass is 10.1. The van der Waals surface area contributed by atoms with Crippen molar-refractivity contribution >= 4 is 49.6 Å². The third kappa shape index (κ3) is 2.86. The summed E-state index contributed by atoms with van der Waals surface area (Å²) in [6.07, 6.45) is 0. The van der Waals surface area contributed by atoms with E-state index in [-0.39, 0.29) is 5.91 Å². The zero-order valence-electron chi connectivity index (χ0n) is 14.5. The largest absolute Gasteiger partial charge is 0.304 e. The molecule has 26 heavy (non-hydrogen) atoms. The van der Waals surface area contributed by atoms with E-state index in [1.807, 2.05) is 48.9 Å². The van der Waals surface area contributed by atoms with Gasteiger partial charge in [0.15, 0.2) is 11.5 Å². The molecule has 0 fully saturated rings. The molecule has 130 valence electrons. The van der Waals surface area contributed by atoms with Gasteiger partial charge in [-0.15, -0.1) is 0 Å². The molecule has 6 heteroatoms. The van der Waals surface area contributed by atoms with Crippen LogP contribution in [0.1, 0.15) is 22.8 Å². The standard InChI is InChI=1S/C20H17BrN4O/c1-3-25-19-15(11-13-9-8-12(2)10-17(13)22-19)18(24-25)23-20(26)14-6-4-5-7-16(14)21/h4-11H,3H2,1-2H3,(H,23,24,26). The van der Waals surface area contributed by atoms with Gasteiger partial charge in [-0.1, -0.05) is 24.3 Å². The molecule has 0 saturated heterocycles.